The van der Waals surface area contributed by atoms with Crippen LogP contribution in [0.3, 0.4) is 0 Å². The Kier molecular flexibility index (Phi) is 4.64. The van der Waals surface area contributed by atoms with Crippen molar-refractivity contribution in [3.63, 3.8) is 0 Å². The highest BCUT2D eigenvalue weighted by atomic mass is 16.5. The van der Waals surface area contributed by atoms with Crippen molar-refractivity contribution < 1.29 is 4.74 Å². The molecule has 0 aromatic carbocycles. The van der Waals surface area contributed by atoms with Crippen molar-refractivity contribution in [2.75, 3.05) is 46.4 Å². The minimum Gasteiger partial charge on any atom is -0.380 e. The van der Waals surface area contributed by atoms with Crippen LogP contribution in [0.4, 0.5) is 0 Å². The molecular formula is C14H29N3O. The molecule has 1 saturated carbocycles. The lowest BCUT2D eigenvalue weighted by atomic mass is 9.92. The number of nitrogens with two attached hydrogens (primary N) is 1. The maximum absolute atomic E-state index is 6.00. The molecule has 4 heteroatoms. The van der Waals surface area contributed by atoms with Crippen molar-refractivity contribution in [2.24, 2.45) is 11.7 Å². The minimum absolute atomic E-state index is 0.0274. The first-order valence-corrected chi connectivity index (χ1v) is 7.30. The monoisotopic (exact) mass is 255 g/mol. The number of hydrogen-bond acceptors (Lipinski definition) is 4. The highest BCUT2D eigenvalue weighted by molar-refractivity contribution is 4.95. The Morgan fingerprint density at radius 3 is 2.33 bits per heavy atom. The second kappa shape index (κ2) is 5.87. The predicted molar refractivity (Wildman–Crippen MR) is 74.7 cm³/mol. The summed E-state index contributed by atoms with van der Waals surface area (Å²) in [4.78, 5) is 5.13. The molecule has 2 atom stereocenters. The van der Waals surface area contributed by atoms with Gasteiger partial charge >= 0.3 is 0 Å². The van der Waals surface area contributed by atoms with Crippen molar-refractivity contribution in [3.05, 3.63) is 0 Å². The van der Waals surface area contributed by atoms with Crippen LogP contribution < -0.4 is 5.73 Å². The summed E-state index contributed by atoms with van der Waals surface area (Å²) in [6.45, 7) is 10.9. The Labute approximate surface area is 111 Å². The first kappa shape index (κ1) is 14.3. The average Bonchev–Trinajstić information content (AvgIpc) is 3.21. The standard InChI is InChI=1S/C14H29N3O/c1-12(18-3)14(2,11-15)17-8-6-16(7-9-17)10-13-4-5-13/h12-13H,4-11,15H2,1-3H3. The van der Waals surface area contributed by atoms with Gasteiger partial charge in [0.05, 0.1) is 11.6 Å². The summed E-state index contributed by atoms with van der Waals surface area (Å²) in [5.41, 5.74) is 5.98. The van der Waals surface area contributed by atoms with Crippen LogP contribution in [0.2, 0.25) is 0 Å². The SMILES string of the molecule is COC(C)C(C)(CN)N1CCN(CC2CC2)CC1. The number of methoxy groups -OCH3 is 1. The summed E-state index contributed by atoms with van der Waals surface area (Å²) in [7, 11) is 1.78. The van der Waals surface area contributed by atoms with Gasteiger partial charge in [-0.15, -0.1) is 0 Å². The molecule has 1 aliphatic carbocycles. The summed E-state index contributed by atoms with van der Waals surface area (Å²) >= 11 is 0. The van der Waals surface area contributed by atoms with Crippen molar-refractivity contribution in [2.45, 2.75) is 38.3 Å². The molecular weight excluding hydrogens is 226 g/mol. The molecule has 18 heavy (non-hydrogen) atoms. The fraction of sp³-hybridized carbons (Fsp3) is 1.00. The second-order valence-corrected chi connectivity index (χ2v) is 6.17. The smallest absolute Gasteiger partial charge is 0.0736 e. The van der Waals surface area contributed by atoms with Gasteiger partial charge in [0.25, 0.3) is 0 Å². The lowest BCUT2D eigenvalue weighted by Gasteiger charge is -2.48. The van der Waals surface area contributed by atoms with Crippen LogP contribution in [-0.4, -0.2) is 67.8 Å². The summed E-state index contributed by atoms with van der Waals surface area (Å²) < 4.78 is 5.53. The molecule has 0 amide bonds. The third-order valence-electron chi connectivity index (χ3n) is 4.95. The maximum Gasteiger partial charge on any atom is 0.0736 e. The summed E-state index contributed by atoms with van der Waals surface area (Å²) in [6.07, 6.45) is 3.07. The van der Waals surface area contributed by atoms with Gasteiger partial charge in [0, 0.05) is 46.4 Å². The first-order valence-electron chi connectivity index (χ1n) is 7.30. The quantitative estimate of drug-likeness (QED) is 0.761. The molecule has 0 radical (unpaired) electrons. The molecule has 1 aliphatic heterocycles. The van der Waals surface area contributed by atoms with Crippen LogP contribution >= 0.6 is 0 Å². The molecule has 1 saturated heterocycles. The van der Waals surface area contributed by atoms with Gasteiger partial charge < -0.3 is 15.4 Å². The lowest BCUT2D eigenvalue weighted by molar-refractivity contribution is -0.0497. The molecule has 2 fully saturated rings. The normalized spacial score (nSPS) is 28.0. The molecule has 0 spiro atoms. The van der Waals surface area contributed by atoms with Gasteiger partial charge in [-0.05, 0) is 32.6 Å². The molecule has 1 heterocycles. The Balaban J connectivity index is 1.86. The highest BCUT2D eigenvalue weighted by Gasteiger charge is 2.38. The number of rotatable bonds is 6. The number of nitrogens with zero attached hydrogens (tertiary/aromatic N) is 2. The zero-order valence-electron chi connectivity index (χ0n) is 12.2. The van der Waals surface area contributed by atoms with Gasteiger partial charge in [-0.1, -0.05) is 0 Å². The molecule has 2 unspecified atom stereocenters. The molecule has 2 rings (SSSR count). The summed E-state index contributed by atoms with van der Waals surface area (Å²) in [5.74, 6) is 0.996. The number of piperazine rings is 1. The van der Waals surface area contributed by atoms with Gasteiger partial charge in [-0.25, -0.2) is 0 Å². The van der Waals surface area contributed by atoms with Crippen LogP contribution in [0.1, 0.15) is 26.7 Å². The van der Waals surface area contributed by atoms with E-state index in [2.05, 4.69) is 23.6 Å². The largest absolute Gasteiger partial charge is 0.380 e. The summed E-state index contributed by atoms with van der Waals surface area (Å²) in [5, 5.41) is 0. The van der Waals surface area contributed by atoms with Crippen molar-refractivity contribution in [1.82, 2.24) is 9.80 Å². The van der Waals surface area contributed by atoms with E-state index in [1.54, 1.807) is 7.11 Å². The average molecular weight is 255 g/mol. The fourth-order valence-electron chi connectivity index (χ4n) is 2.91. The van der Waals surface area contributed by atoms with Gasteiger partial charge in [-0.3, -0.25) is 4.90 Å². The highest BCUT2D eigenvalue weighted by Crippen LogP contribution is 2.30. The fourth-order valence-corrected chi connectivity index (χ4v) is 2.91. The lowest BCUT2D eigenvalue weighted by Crippen LogP contribution is -2.63. The maximum atomic E-state index is 6.00. The van der Waals surface area contributed by atoms with Crippen molar-refractivity contribution in [3.8, 4) is 0 Å². The van der Waals surface area contributed by atoms with Crippen LogP contribution in [-0.2, 0) is 4.74 Å². The molecule has 106 valence electrons. The Bertz CT molecular complexity index is 262. The van der Waals surface area contributed by atoms with E-state index in [4.69, 9.17) is 10.5 Å². The van der Waals surface area contributed by atoms with Crippen LogP contribution in [0.25, 0.3) is 0 Å². The van der Waals surface area contributed by atoms with Crippen LogP contribution in [0, 0.1) is 5.92 Å². The number of hydrogen-bond donors (Lipinski definition) is 1. The molecule has 0 bridgehead atoms. The van der Waals surface area contributed by atoms with E-state index in [-0.39, 0.29) is 11.6 Å². The summed E-state index contributed by atoms with van der Waals surface area (Å²) in [6, 6.07) is 0. The van der Waals surface area contributed by atoms with Crippen molar-refractivity contribution >= 4 is 0 Å². The Morgan fingerprint density at radius 2 is 1.89 bits per heavy atom. The topological polar surface area (TPSA) is 41.7 Å². The van der Waals surface area contributed by atoms with E-state index in [0.29, 0.717) is 6.54 Å². The van der Waals surface area contributed by atoms with Gasteiger partial charge in [0.2, 0.25) is 0 Å². The first-order chi connectivity index (χ1) is 8.60. The van der Waals surface area contributed by atoms with E-state index in [1.165, 1.54) is 32.5 Å². The van der Waals surface area contributed by atoms with Gasteiger partial charge in [0.1, 0.15) is 0 Å². The van der Waals surface area contributed by atoms with Crippen LogP contribution in [0.5, 0.6) is 0 Å². The third kappa shape index (κ3) is 3.05. The van der Waals surface area contributed by atoms with E-state index in [0.717, 1.165) is 19.0 Å². The molecule has 4 nitrogen and oxygen atoms in total. The Hall–Kier alpha value is -0.160. The third-order valence-corrected chi connectivity index (χ3v) is 4.95. The van der Waals surface area contributed by atoms with E-state index in [9.17, 15) is 0 Å². The van der Waals surface area contributed by atoms with E-state index >= 15 is 0 Å². The molecule has 2 N–H and O–H groups in total. The number of ether oxygens (including phenoxy) is 1. The predicted octanol–water partition coefficient (Wildman–Crippen LogP) is 0.766. The second-order valence-electron chi connectivity index (χ2n) is 6.17. The van der Waals surface area contributed by atoms with Crippen molar-refractivity contribution in [1.29, 1.82) is 0 Å². The zero-order valence-corrected chi connectivity index (χ0v) is 12.2. The molecule has 0 aromatic heterocycles. The molecule has 2 aliphatic rings. The van der Waals surface area contributed by atoms with Crippen LogP contribution in [0.15, 0.2) is 0 Å². The Morgan fingerprint density at radius 1 is 1.28 bits per heavy atom. The molecule has 0 aromatic rings. The van der Waals surface area contributed by atoms with E-state index < -0.39 is 0 Å². The van der Waals surface area contributed by atoms with Gasteiger partial charge in [0.15, 0.2) is 0 Å². The zero-order chi connectivity index (χ0) is 13.2. The van der Waals surface area contributed by atoms with E-state index in [1.807, 2.05) is 0 Å². The van der Waals surface area contributed by atoms with Gasteiger partial charge in [-0.2, -0.15) is 0 Å². The minimum atomic E-state index is -0.0274.